The molecule has 0 aromatic carbocycles. The second-order valence-electron chi connectivity index (χ2n) is 4.46. The van der Waals surface area contributed by atoms with Crippen molar-refractivity contribution in [2.75, 3.05) is 0 Å². The van der Waals surface area contributed by atoms with E-state index < -0.39 is 5.78 Å². The number of nitrogens with one attached hydrogen (secondary N) is 1. The number of carbonyl (C=O) groups excluding carboxylic acids is 1. The molecule has 0 spiro atoms. The van der Waals surface area contributed by atoms with Gasteiger partial charge >= 0.3 is 0 Å². The Balaban J connectivity index is 1.73. The van der Waals surface area contributed by atoms with E-state index in [0.29, 0.717) is 17.7 Å². The lowest BCUT2D eigenvalue weighted by molar-refractivity contribution is 0.104. The Labute approximate surface area is 124 Å². The standard InChI is InChI=1S/C14H11N5O3/c20-12(7-13(21)14-16-18-19-17-14)10-6-11(22-8-10)5-9-1-3-15-4-2-9/h1-4,6-8,21H,5H2,(H,16,17,18,19). The molecule has 0 aliphatic carbocycles. The summed E-state index contributed by atoms with van der Waals surface area (Å²) in [6.07, 6.45) is 6.30. The first-order valence-electron chi connectivity index (χ1n) is 6.37. The number of furan rings is 1. The van der Waals surface area contributed by atoms with E-state index in [2.05, 4.69) is 25.6 Å². The van der Waals surface area contributed by atoms with Crippen molar-refractivity contribution in [2.45, 2.75) is 6.42 Å². The fourth-order valence-corrected chi connectivity index (χ4v) is 1.85. The van der Waals surface area contributed by atoms with Gasteiger partial charge in [0, 0.05) is 24.9 Å². The van der Waals surface area contributed by atoms with Gasteiger partial charge in [0.25, 0.3) is 0 Å². The Bertz CT molecular complexity index is 793. The van der Waals surface area contributed by atoms with Gasteiger partial charge < -0.3 is 9.52 Å². The number of tetrazole rings is 1. The average Bonchev–Trinajstić information content (AvgIpc) is 3.19. The molecule has 2 N–H and O–H groups in total. The molecule has 22 heavy (non-hydrogen) atoms. The third-order valence-corrected chi connectivity index (χ3v) is 2.91. The molecule has 3 rings (SSSR count). The number of aromatic amines is 1. The van der Waals surface area contributed by atoms with Crippen molar-refractivity contribution < 1.29 is 14.3 Å². The number of aromatic nitrogens is 5. The van der Waals surface area contributed by atoms with Gasteiger partial charge in [-0.25, -0.2) is 0 Å². The van der Waals surface area contributed by atoms with Gasteiger partial charge in [-0.3, -0.25) is 9.78 Å². The third-order valence-electron chi connectivity index (χ3n) is 2.91. The van der Waals surface area contributed by atoms with Crippen molar-refractivity contribution in [3.05, 3.63) is 65.6 Å². The Hall–Kier alpha value is -3.29. The van der Waals surface area contributed by atoms with Gasteiger partial charge in [0.15, 0.2) is 11.5 Å². The molecular formula is C14H11N5O3. The number of nitrogens with zero attached hydrogens (tertiary/aromatic N) is 4. The summed E-state index contributed by atoms with van der Waals surface area (Å²) in [5.74, 6) is -0.182. The molecule has 0 unspecified atom stereocenters. The molecule has 0 radical (unpaired) electrons. The zero-order valence-corrected chi connectivity index (χ0v) is 11.3. The number of hydrogen-bond donors (Lipinski definition) is 2. The minimum Gasteiger partial charge on any atom is -0.504 e. The molecule has 8 heteroatoms. The van der Waals surface area contributed by atoms with Crippen molar-refractivity contribution in [3.8, 4) is 0 Å². The number of ketones is 1. The van der Waals surface area contributed by atoms with Crippen LogP contribution in [0.15, 0.2) is 47.3 Å². The minimum absolute atomic E-state index is 0.0474. The molecule has 0 saturated heterocycles. The first-order chi connectivity index (χ1) is 10.7. The summed E-state index contributed by atoms with van der Waals surface area (Å²) in [7, 11) is 0. The number of carbonyl (C=O) groups is 1. The first kappa shape index (κ1) is 13.7. The fourth-order valence-electron chi connectivity index (χ4n) is 1.85. The SMILES string of the molecule is O=C(C=C(O)c1nn[nH]n1)c1coc(Cc2ccncc2)c1. The van der Waals surface area contributed by atoms with E-state index in [0.717, 1.165) is 11.6 Å². The van der Waals surface area contributed by atoms with Crippen molar-refractivity contribution in [1.29, 1.82) is 0 Å². The largest absolute Gasteiger partial charge is 0.504 e. The van der Waals surface area contributed by atoms with Crippen LogP contribution in [0.25, 0.3) is 5.76 Å². The molecule has 3 heterocycles. The van der Waals surface area contributed by atoms with Crippen LogP contribution in [0, 0.1) is 0 Å². The molecule has 8 nitrogen and oxygen atoms in total. The highest BCUT2D eigenvalue weighted by Gasteiger charge is 2.12. The van der Waals surface area contributed by atoms with Crippen LogP contribution in [0.1, 0.15) is 27.5 Å². The molecule has 0 fully saturated rings. The normalized spacial score (nSPS) is 11.5. The minimum atomic E-state index is -0.410. The van der Waals surface area contributed by atoms with Crippen molar-refractivity contribution in [2.24, 2.45) is 0 Å². The van der Waals surface area contributed by atoms with Crippen molar-refractivity contribution in [1.82, 2.24) is 25.6 Å². The van der Waals surface area contributed by atoms with Gasteiger partial charge in [0.2, 0.25) is 5.82 Å². The van der Waals surface area contributed by atoms with Crippen molar-refractivity contribution >= 4 is 11.5 Å². The zero-order valence-electron chi connectivity index (χ0n) is 11.3. The van der Waals surface area contributed by atoms with Gasteiger partial charge in [-0.2, -0.15) is 5.21 Å². The maximum absolute atomic E-state index is 12.0. The van der Waals surface area contributed by atoms with Gasteiger partial charge in [-0.15, -0.1) is 10.2 Å². The summed E-state index contributed by atoms with van der Waals surface area (Å²) in [4.78, 5) is 16.0. The lowest BCUT2D eigenvalue weighted by Crippen LogP contribution is -1.96. The van der Waals surface area contributed by atoms with Gasteiger partial charge in [-0.1, -0.05) is 0 Å². The highest BCUT2D eigenvalue weighted by atomic mass is 16.3. The summed E-state index contributed by atoms with van der Waals surface area (Å²) >= 11 is 0. The van der Waals surface area contributed by atoms with Crippen LogP contribution in [-0.4, -0.2) is 36.5 Å². The van der Waals surface area contributed by atoms with Crippen LogP contribution < -0.4 is 0 Å². The smallest absolute Gasteiger partial charge is 0.239 e. The van der Waals surface area contributed by atoms with Gasteiger partial charge in [0.1, 0.15) is 12.0 Å². The summed E-state index contributed by atoms with van der Waals surface area (Å²) in [6, 6.07) is 5.36. The summed E-state index contributed by atoms with van der Waals surface area (Å²) < 4.78 is 5.36. The number of H-pyrrole nitrogens is 1. The van der Waals surface area contributed by atoms with E-state index in [1.165, 1.54) is 6.26 Å². The summed E-state index contributed by atoms with van der Waals surface area (Å²) in [5.41, 5.74) is 1.35. The number of aliphatic hydroxyl groups is 1. The van der Waals surface area contributed by atoms with E-state index in [1.54, 1.807) is 18.5 Å². The van der Waals surface area contributed by atoms with Crippen LogP contribution in [0.4, 0.5) is 0 Å². The molecule has 0 bridgehead atoms. The number of allylic oxidation sites excluding steroid dienone is 1. The molecular weight excluding hydrogens is 286 g/mol. The number of hydrogen-bond acceptors (Lipinski definition) is 7. The Kier molecular flexibility index (Phi) is 3.73. The highest BCUT2D eigenvalue weighted by Crippen LogP contribution is 2.15. The lowest BCUT2D eigenvalue weighted by atomic mass is 10.1. The number of rotatable bonds is 5. The van der Waals surface area contributed by atoms with E-state index in [1.807, 2.05) is 12.1 Å². The van der Waals surface area contributed by atoms with Crippen LogP contribution in [-0.2, 0) is 6.42 Å². The second-order valence-corrected chi connectivity index (χ2v) is 4.46. The van der Waals surface area contributed by atoms with E-state index >= 15 is 0 Å². The van der Waals surface area contributed by atoms with Gasteiger partial charge in [-0.05, 0) is 29.0 Å². The Morgan fingerprint density at radius 1 is 1.36 bits per heavy atom. The van der Waals surface area contributed by atoms with Crippen LogP contribution in [0.5, 0.6) is 0 Å². The molecule has 3 aromatic rings. The fraction of sp³-hybridized carbons (Fsp3) is 0.0714. The van der Waals surface area contributed by atoms with Gasteiger partial charge in [0.05, 0.1) is 5.56 Å². The predicted octanol–water partition coefficient (Wildman–Crippen LogP) is 1.56. The van der Waals surface area contributed by atoms with Crippen LogP contribution >= 0.6 is 0 Å². The lowest BCUT2D eigenvalue weighted by Gasteiger charge is -1.95. The van der Waals surface area contributed by atoms with Crippen LogP contribution in [0.2, 0.25) is 0 Å². The molecule has 0 aliphatic heterocycles. The number of pyridine rings is 1. The maximum atomic E-state index is 12.0. The van der Waals surface area contributed by atoms with E-state index in [9.17, 15) is 9.90 Å². The summed E-state index contributed by atoms with van der Waals surface area (Å²) in [6.45, 7) is 0. The maximum Gasteiger partial charge on any atom is 0.239 e. The molecule has 0 aliphatic rings. The monoisotopic (exact) mass is 297 g/mol. The second kappa shape index (κ2) is 6.00. The van der Waals surface area contributed by atoms with E-state index in [4.69, 9.17) is 4.42 Å². The predicted molar refractivity (Wildman–Crippen MR) is 74.9 cm³/mol. The quantitative estimate of drug-likeness (QED) is 0.417. The Morgan fingerprint density at radius 3 is 2.91 bits per heavy atom. The van der Waals surface area contributed by atoms with E-state index in [-0.39, 0.29) is 11.6 Å². The topological polar surface area (TPSA) is 118 Å². The highest BCUT2D eigenvalue weighted by molar-refractivity contribution is 6.07. The summed E-state index contributed by atoms with van der Waals surface area (Å²) in [5, 5.41) is 22.3. The zero-order chi connectivity index (χ0) is 15.4. The molecule has 110 valence electrons. The molecule has 3 aromatic heterocycles. The van der Waals surface area contributed by atoms with Crippen molar-refractivity contribution in [3.63, 3.8) is 0 Å². The first-order valence-corrected chi connectivity index (χ1v) is 6.37. The average molecular weight is 297 g/mol. The van der Waals surface area contributed by atoms with Crippen LogP contribution in [0.3, 0.4) is 0 Å². The molecule has 0 amide bonds. The number of aliphatic hydroxyl groups excluding tert-OH is 1. The Morgan fingerprint density at radius 2 is 2.18 bits per heavy atom. The molecule has 0 saturated carbocycles. The third kappa shape index (κ3) is 3.06. The molecule has 0 atom stereocenters.